The van der Waals surface area contributed by atoms with Crippen LogP contribution in [-0.2, 0) is 6.54 Å². The predicted octanol–water partition coefficient (Wildman–Crippen LogP) is 4.17. The van der Waals surface area contributed by atoms with E-state index in [4.69, 9.17) is 5.73 Å². The molecule has 4 aromatic rings. The second-order valence-electron chi connectivity index (χ2n) is 9.03. The zero-order valence-electron chi connectivity index (χ0n) is 19.9. The fourth-order valence-electron chi connectivity index (χ4n) is 4.21. The van der Waals surface area contributed by atoms with E-state index in [1.54, 1.807) is 64.8 Å². The van der Waals surface area contributed by atoms with Crippen molar-refractivity contribution >= 4 is 28.3 Å². The number of pyridine rings is 2. The van der Waals surface area contributed by atoms with Crippen LogP contribution in [0, 0.1) is 6.92 Å². The molecule has 1 fully saturated rings. The summed E-state index contributed by atoms with van der Waals surface area (Å²) in [4.78, 5) is 34.5. The van der Waals surface area contributed by atoms with Crippen molar-refractivity contribution in [2.24, 2.45) is 0 Å². The van der Waals surface area contributed by atoms with Crippen LogP contribution in [0.1, 0.15) is 40.4 Å². The fourth-order valence-corrected chi connectivity index (χ4v) is 4.21. The summed E-state index contributed by atoms with van der Waals surface area (Å²) in [5, 5.41) is 0.810. The average molecular weight is 490 g/mol. The number of fused-ring (bicyclic) bond motifs is 1. The van der Waals surface area contributed by atoms with E-state index in [-0.39, 0.29) is 25.5 Å². The van der Waals surface area contributed by atoms with Crippen molar-refractivity contribution in [2.45, 2.75) is 32.4 Å². The smallest absolute Gasteiger partial charge is 0.282 e. The molecule has 8 nitrogen and oxygen atoms in total. The molecule has 0 spiro atoms. The monoisotopic (exact) mass is 489 g/mol. The molecule has 3 aromatic heterocycles. The number of anilines is 2. The van der Waals surface area contributed by atoms with Crippen LogP contribution in [0.3, 0.4) is 0 Å². The third-order valence-electron chi connectivity index (χ3n) is 6.33. The van der Waals surface area contributed by atoms with E-state index in [0.717, 1.165) is 10.9 Å². The molecule has 1 atom stereocenters. The summed E-state index contributed by atoms with van der Waals surface area (Å²) in [5.74, 6) is -1.93. The highest BCUT2D eigenvalue weighted by molar-refractivity contribution is 5.98. The Labute approximate surface area is 206 Å². The molecule has 1 aromatic carbocycles. The third kappa shape index (κ3) is 4.66. The number of amides is 1. The first kappa shape index (κ1) is 23.5. The summed E-state index contributed by atoms with van der Waals surface area (Å²) in [6.07, 6.45) is 4.82. The molecule has 10 heteroatoms. The number of aromatic nitrogens is 4. The molecule has 0 radical (unpaired) electrons. The van der Waals surface area contributed by atoms with Crippen molar-refractivity contribution in [1.82, 2.24) is 24.8 Å². The van der Waals surface area contributed by atoms with E-state index in [9.17, 15) is 13.6 Å². The molecule has 1 aliphatic heterocycles. The van der Waals surface area contributed by atoms with Crippen LogP contribution in [0.2, 0.25) is 0 Å². The summed E-state index contributed by atoms with van der Waals surface area (Å²) in [5.41, 5.74) is 9.19. The Morgan fingerprint density at radius 3 is 2.56 bits per heavy atom. The van der Waals surface area contributed by atoms with Gasteiger partial charge < -0.3 is 15.5 Å². The van der Waals surface area contributed by atoms with Crippen LogP contribution in [-0.4, -0.2) is 49.8 Å². The summed E-state index contributed by atoms with van der Waals surface area (Å²) in [6, 6.07) is 12.0. The van der Waals surface area contributed by atoms with E-state index in [0.29, 0.717) is 34.1 Å². The first-order valence-electron chi connectivity index (χ1n) is 11.5. The normalized spacial score (nSPS) is 15.4. The van der Waals surface area contributed by atoms with Gasteiger partial charge >= 0.3 is 0 Å². The highest BCUT2D eigenvalue weighted by Crippen LogP contribution is 2.31. The lowest BCUT2D eigenvalue weighted by molar-refractivity contribution is -0.0263. The molecule has 2 N–H and O–H groups in total. The van der Waals surface area contributed by atoms with Gasteiger partial charge in [-0.05, 0) is 61.9 Å². The lowest BCUT2D eigenvalue weighted by atomic mass is 10.1. The number of alkyl halides is 2. The molecule has 1 aliphatic rings. The maximum Gasteiger partial charge on any atom is 0.282 e. The predicted molar refractivity (Wildman–Crippen MR) is 133 cm³/mol. The number of nitrogens with zero attached hydrogens (tertiary/aromatic N) is 6. The molecular formula is C26H25F2N7O. The first-order chi connectivity index (χ1) is 17.2. The maximum atomic E-state index is 13.8. The first-order valence-corrected chi connectivity index (χ1v) is 11.5. The Kier molecular flexibility index (Phi) is 5.95. The van der Waals surface area contributed by atoms with Crippen molar-refractivity contribution < 1.29 is 13.6 Å². The lowest BCUT2D eigenvalue weighted by Crippen LogP contribution is -2.56. The molecule has 1 amide bonds. The van der Waals surface area contributed by atoms with Gasteiger partial charge in [0.25, 0.3) is 11.8 Å². The summed E-state index contributed by atoms with van der Waals surface area (Å²) < 4.78 is 26.5. The number of carbonyl (C=O) groups is 1. The van der Waals surface area contributed by atoms with E-state index in [2.05, 4.69) is 19.9 Å². The standard InChI is InChI=1S/C26H25F2N7O/c1-16-10-19-11-18(4-7-22(19)33-23(16)29)25(36)35(17(2)24-30-8-3-9-31-24)13-20-5-6-21(12-32-20)34-14-26(27,28)15-34/h3-12,17H,13-15H2,1-2H3,(H2,29,33)/t17-/m1/s1. The van der Waals surface area contributed by atoms with Crippen LogP contribution in [0.25, 0.3) is 10.9 Å². The van der Waals surface area contributed by atoms with Gasteiger partial charge in [-0.15, -0.1) is 0 Å². The molecule has 4 heterocycles. The van der Waals surface area contributed by atoms with Crippen LogP contribution < -0.4 is 10.6 Å². The minimum Gasteiger partial charge on any atom is -0.383 e. The zero-order valence-corrected chi connectivity index (χ0v) is 19.9. The van der Waals surface area contributed by atoms with Gasteiger partial charge in [0.05, 0.1) is 48.8 Å². The number of halogens is 2. The molecule has 0 aliphatic carbocycles. The number of nitrogens with two attached hydrogens (primary N) is 1. The quantitative estimate of drug-likeness (QED) is 0.434. The van der Waals surface area contributed by atoms with Crippen molar-refractivity contribution in [1.29, 1.82) is 0 Å². The average Bonchev–Trinajstić information content (AvgIpc) is 2.86. The SMILES string of the molecule is Cc1cc2cc(C(=O)N(Cc3ccc(N4CC(F)(F)C4)cn3)[C@H](C)c3ncccn3)ccc2nc1N. The second kappa shape index (κ2) is 9.10. The Morgan fingerprint density at radius 1 is 1.14 bits per heavy atom. The largest absolute Gasteiger partial charge is 0.383 e. The number of nitrogen functional groups attached to an aromatic ring is 1. The highest BCUT2D eigenvalue weighted by Gasteiger charge is 2.44. The van der Waals surface area contributed by atoms with Gasteiger partial charge in [0, 0.05) is 23.3 Å². The van der Waals surface area contributed by atoms with Gasteiger partial charge in [-0.25, -0.2) is 23.7 Å². The Bertz CT molecular complexity index is 1410. The minimum absolute atomic E-state index is 0.186. The van der Waals surface area contributed by atoms with E-state index in [1.807, 2.05) is 19.9 Å². The topological polar surface area (TPSA) is 101 Å². The molecular weight excluding hydrogens is 464 g/mol. The molecule has 36 heavy (non-hydrogen) atoms. The molecule has 5 rings (SSSR count). The molecule has 0 saturated carbocycles. The zero-order chi connectivity index (χ0) is 25.4. The third-order valence-corrected chi connectivity index (χ3v) is 6.33. The van der Waals surface area contributed by atoms with Gasteiger partial charge in [0.2, 0.25) is 0 Å². The van der Waals surface area contributed by atoms with Crippen LogP contribution in [0.4, 0.5) is 20.3 Å². The number of carbonyl (C=O) groups excluding carboxylic acids is 1. The number of aryl methyl sites for hydroxylation is 1. The summed E-state index contributed by atoms with van der Waals surface area (Å²) in [7, 11) is 0. The van der Waals surface area contributed by atoms with Gasteiger partial charge in [-0.1, -0.05) is 0 Å². The van der Waals surface area contributed by atoms with Gasteiger partial charge in [0.1, 0.15) is 11.6 Å². The highest BCUT2D eigenvalue weighted by atomic mass is 19.3. The molecule has 0 bridgehead atoms. The van der Waals surface area contributed by atoms with Crippen molar-refractivity contribution in [2.75, 3.05) is 23.7 Å². The van der Waals surface area contributed by atoms with E-state index in [1.165, 1.54) is 0 Å². The summed E-state index contributed by atoms with van der Waals surface area (Å²) in [6.45, 7) is 3.28. The van der Waals surface area contributed by atoms with Gasteiger partial charge in [-0.2, -0.15) is 0 Å². The van der Waals surface area contributed by atoms with Crippen molar-refractivity contribution in [3.8, 4) is 0 Å². The Hall–Kier alpha value is -4.21. The van der Waals surface area contributed by atoms with Crippen molar-refractivity contribution in [3.63, 3.8) is 0 Å². The number of benzene rings is 1. The van der Waals surface area contributed by atoms with Gasteiger partial charge in [0.15, 0.2) is 0 Å². The number of rotatable bonds is 6. The summed E-state index contributed by atoms with van der Waals surface area (Å²) >= 11 is 0. The van der Waals surface area contributed by atoms with Crippen LogP contribution in [0.5, 0.6) is 0 Å². The van der Waals surface area contributed by atoms with Crippen LogP contribution in [0.15, 0.2) is 61.1 Å². The molecule has 184 valence electrons. The second-order valence-corrected chi connectivity index (χ2v) is 9.03. The Morgan fingerprint density at radius 2 is 1.89 bits per heavy atom. The Balaban J connectivity index is 1.44. The van der Waals surface area contributed by atoms with Crippen LogP contribution >= 0.6 is 0 Å². The minimum atomic E-state index is -2.66. The maximum absolute atomic E-state index is 13.8. The van der Waals surface area contributed by atoms with E-state index < -0.39 is 12.0 Å². The number of hydrogen-bond acceptors (Lipinski definition) is 7. The molecule has 1 saturated heterocycles. The fraction of sp³-hybridized carbons (Fsp3) is 0.269. The van der Waals surface area contributed by atoms with Crippen molar-refractivity contribution in [3.05, 3.63) is 83.7 Å². The molecule has 0 unspecified atom stereocenters. The van der Waals surface area contributed by atoms with E-state index >= 15 is 0 Å². The number of hydrogen-bond donors (Lipinski definition) is 1. The van der Waals surface area contributed by atoms with Gasteiger partial charge in [-0.3, -0.25) is 9.78 Å². The lowest BCUT2D eigenvalue weighted by Gasteiger charge is -2.40.